The van der Waals surface area contributed by atoms with Crippen LogP contribution in [0.4, 0.5) is 10.2 Å². The predicted molar refractivity (Wildman–Crippen MR) is 56.4 cm³/mol. The minimum absolute atomic E-state index is 0.193. The van der Waals surface area contributed by atoms with Gasteiger partial charge in [-0.2, -0.15) is 0 Å². The zero-order chi connectivity index (χ0) is 10.8. The van der Waals surface area contributed by atoms with Crippen molar-refractivity contribution >= 4 is 5.82 Å². The molecule has 15 heavy (non-hydrogen) atoms. The minimum atomic E-state index is -0.298. The van der Waals surface area contributed by atoms with Crippen LogP contribution in [0.15, 0.2) is 12.3 Å². The van der Waals surface area contributed by atoms with Crippen LogP contribution in [0.5, 0.6) is 0 Å². The van der Waals surface area contributed by atoms with Gasteiger partial charge in [-0.1, -0.05) is 0 Å². The van der Waals surface area contributed by atoms with Crippen LogP contribution in [-0.4, -0.2) is 29.3 Å². The normalized spacial score (nSPS) is 18.2. The highest BCUT2D eigenvalue weighted by molar-refractivity contribution is 5.46. The molecule has 0 bridgehead atoms. The van der Waals surface area contributed by atoms with Gasteiger partial charge in [-0.25, -0.2) is 9.37 Å². The van der Waals surface area contributed by atoms with Crippen molar-refractivity contribution in [2.45, 2.75) is 25.9 Å². The van der Waals surface area contributed by atoms with E-state index in [-0.39, 0.29) is 11.9 Å². The highest BCUT2D eigenvalue weighted by Crippen LogP contribution is 2.21. The van der Waals surface area contributed by atoms with Crippen LogP contribution in [-0.2, 0) is 0 Å². The SMILES string of the molecule is Cc1cc(F)cnc1N1CCC(O)CC1. The number of hydrogen-bond acceptors (Lipinski definition) is 3. The zero-order valence-corrected chi connectivity index (χ0v) is 8.78. The maximum atomic E-state index is 12.9. The van der Waals surface area contributed by atoms with Crippen molar-refractivity contribution in [2.24, 2.45) is 0 Å². The number of pyridine rings is 1. The molecule has 0 amide bonds. The third-order valence-electron chi connectivity index (χ3n) is 2.78. The summed E-state index contributed by atoms with van der Waals surface area (Å²) in [7, 11) is 0. The van der Waals surface area contributed by atoms with E-state index in [1.54, 1.807) is 0 Å². The number of aliphatic hydroxyl groups excluding tert-OH is 1. The molecule has 0 unspecified atom stereocenters. The monoisotopic (exact) mass is 210 g/mol. The van der Waals surface area contributed by atoms with Crippen LogP contribution in [0.1, 0.15) is 18.4 Å². The average Bonchev–Trinajstić information content (AvgIpc) is 2.20. The van der Waals surface area contributed by atoms with Gasteiger partial charge in [-0.15, -0.1) is 0 Å². The number of anilines is 1. The van der Waals surface area contributed by atoms with E-state index in [1.807, 2.05) is 6.92 Å². The number of hydrogen-bond donors (Lipinski definition) is 1. The molecule has 0 spiro atoms. The van der Waals surface area contributed by atoms with E-state index in [0.717, 1.165) is 37.3 Å². The largest absolute Gasteiger partial charge is 0.393 e. The maximum absolute atomic E-state index is 12.9. The second-order valence-electron chi connectivity index (χ2n) is 4.01. The summed E-state index contributed by atoms with van der Waals surface area (Å²) >= 11 is 0. The Balaban J connectivity index is 2.15. The Morgan fingerprint density at radius 2 is 2.13 bits per heavy atom. The van der Waals surface area contributed by atoms with E-state index in [1.165, 1.54) is 12.3 Å². The fourth-order valence-electron chi connectivity index (χ4n) is 1.94. The van der Waals surface area contributed by atoms with Crippen molar-refractivity contribution in [1.29, 1.82) is 0 Å². The smallest absolute Gasteiger partial charge is 0.141 e. The summed E-state index contributed by atoms with van der Waals surface area (Å²) in [6.07, 6.45) is 2.58. The molecule has 1 N–H and O–H groups in total. The van der Waals surface area contributed by atoms with Crippen LogP contribution in [0.3, 0.4) is 0 Å². The molecule has 1 aliphatic heterocycles. The molecule has 0 saturated carbocycles. The van der Waals surface area contributed by atoms with E-state index in [4.69, 9.17) is 0 Å². The Hall–Kier alpha value is -1.16. The van der Waals surface area contributed by atoms with E-state index in [2.05, 4.69) is 9.88 Å². The van der Waals surface area contributed by atoms with Crippen molar-refractivity contribution in [3.8, 4) is 0 Å². The number of aromatic nitrogens is 1. The lowest BCUT2D eigenvalue weighted by Crippen LogP contribution is -2.36. The Morgan fingerprint density at radius 1 is 1.47 bits per heavy atom. The summed E-state index contributed by atoms with van der Waals surface area (Å²) in [5.41, 5.74) is 0.853. The molecule has 1 aromatic rings. The summed E-state index contributed by atoms with van der Waals surface area (Å²) in [6.45, 7) is 3.44. The summed E-state index contributed by atoms with van der Waals surface area (Å²) in [4.78, 5) is 6.19. The average molecular weight is 210 g/mol. The lowest BCUT2D eigenvalue weighted by atomic mass is 10.1. The van der Waals surface area contributed by atoms with E-state index >= 15 is 0 Å². The molecule has 1 fully saturated rings. The summed E-state index contributed by atoms with van der Waals surface area (Å²) in [5.74, 6) is 0.539. The molecular formula is C11H15FN2O. The molecule has 1 saturated heterocycles. The first-order valence-corrected chi connectivity index (χ1v) is 5.22. The number of aliphatic hydroxyl groups is 1. The van der Waals surface area contributed by atoms with Gasteiger partial charge in [0.25, 0.3) is 0 Å². The van der Waals surface area contributed by atoms with Gasteiger partial charge in [0.1, 0.15) is 11.6 Å². The van der Waals surface area contributed by atoms with Crippen LogP contribution in [0, 0.1) is 12.7 Å². The van der Waals surface area contributed by atoms with E-state index < -0.39 is 0 Å². The van der Waals surface area contributed by atoms with Crippen LogP contribution >= 0.6 is 0 Å². The molecule has 4 heteroatoms. The van der Waals surface area contributed by atoms with Crippen molar-refractivity contribution < 1.29 is 9.50 Å². The Morgan fingerprint density at radius 3 is 2.73 bits per heavy atom. The quantitative estimate of drug-likeness (QED) is 0.763. The highest BCUT2D eigenvalue weighted by atomic mass is 19.1. The molecule has 0 radical (unpaired) electrons. The predicted octanol–water partition coefficient (Wildman–Crippen LogP) is 1.49. The fourth-order valence-corrected chi connectivity index (χ4v) is 1.94. The molecule has 0 aromatic carbocycles. The van der Waals surface area contributed by atoms with Gasteiger partial charge in [0, 0.05) is 13.1 Å². The van der Waals surface area contributed by atoms with Gasteiger partial charge in [0.15, 0.2) is 0 Å². The van der Waals surface area contributed by atoms with Gasteiger partial charge in [-0.05, 0) is 31.4 Å². The second kappa shape index (κ2) is 4.14. The minimum Gasteiger partial charge on any atom is -0.393 e. The van der Waals surface area contributed by atoms with Crippen molar-refractivity contribution in [1.82, 2.24) is 4.98 Å². The molecule has 2 heterocycles. The first kappa shape index (κ1) is 10.4. The van der Waals surface area contributed by atoms with E-state index in [9.17, 15) is 9.50 Å². The fraction of sp³-hybridized carbons (Fsp3) is 0.545. The molecule has 0 aliphatic carbocycles. The molecule has 0 atom stereocenters. The number of piperidine rings is 1. The number of nitrogens with zero attached hydrogens (tertiary/aromatic N) is 2. The first-order chi connectivity index (χ1) is 7.16. The number of halogens is 1. The van der Waals surface area contributed by atoms with Crippen molar-refractivity contribution in [3.05, 3.63) is 23.6 Å². The third-order valence-corrected chi connectivity index (χ3v) is 2.78. The Bertz CT molecular complexity index is 348. The Kier molecular flexibility index (Phi) is 2.86. The number of aryl methyl sites for hydroxylation is 1. The summed E-state index contributed by atoms with van der Waals surface area (Å²) in [5, 5.41) is 9.38. The van der Waals surface area contributed by atoms with Crippen molar-refractivity contribution in [3.63, 3.8) is 0 Å². The lowest BCUT2D eigenvalue weighted by molar-refractivity contribution is 0.145. The third kappa shape index (κ3) is 2.26. The van der Waals surface area contributed by atoms with Crippen LogP contribution in [0.25, 0.3) is 0 Å². The standard InChI is InChI=1S/C11H15FN2O/c1-8-6-9(12)7-13-11(8)14-4-2-10(15)3-5-14/h6-7,10,15H,2-5H2,1H3. The van der Waals surface area contributed by atoms with Gasteiger partial charge in [0.05, 0.1) is 12.3 Å². The summed E-state index contributed by atoms with van der Waals surface area (Å²) in [6, 6.07) is 1.49. The van der Waals surface area contributed by atoms with Crippen LogP contribution in [0.2, 0.25) is 0 Å². The van der Waals surface area contributed by atoms with Crippen molar-refractivity contribution in [2.75, 3.05) is 18.0 Å². The zero-order valence-electron chi connectivity index (χ0n) is 8.78. The molecule has 2 rings (SSSR count). The van der Waals surface area contributed by atoms with Gasteiger partial charge in [0.2, 0.25) is 0 Å². The molecule has 1 aliphatic rings. The molecule has 3 nitrogen and oxygen atoms in total. The maximum Gasteiger partial charge on any atom is 0.141 e. The first-order valence-electron chi connectivity index (χ1n) is 5.22. The lowest BCUT2D eigenvalue weighted by Gasteiger charge is -2.31. The topological polar surface area (TPSA) is 36.4 Å². The highest BCUT2D eigenvalue weighted by Gasteiger charge is 2.19. The van der Waals surface area contributed by atoms with Crippen LogP contribution < -0.4 is 4.90 Å². The van der Waals surface area contributed by atoms with Gasteiger partial charge < -0.3 is 10.0 Å². The molecular weight excluding hydrogens is 195 g/mol. The second-order valence-corrected chi connectivity index (χ2v) is 4.01. The molecule has 82 valence electrons. The van der Waals surface area contributed by atoms with Gasteiger partial charge in [-0.3, -0.25) is 0 Å². The van der Waals surface area contributed by atoms with Gasteiger partial charge >= 0.3 is 0 Å². The molecule has 1 aromatic heterocycles. The summed E-state index contributed by atoms with van der Waals surface area (Å²) < 4.78 is 12.9. The Labute approximate surface area is 88.6 Å². The number of rotatable bonds is 1. The van der Waals surface area contributed by atoms with E-state index in [0.29, 0.717) is 0 Å².